The van der Waals surface area contributed by atoms with E-state index in [0.29, 0.717) is 17.0 Å². The van der Waals surface area contributed by atoms with Gasteiger partial charge < -0.3 is 15.0 Å². The van der Waals surface area contributed by atoms with Crippen LogP contribution in [0.25, 0.3) is 5.65 Å². The number of benzene rings is 1. The van der Waals surface area contributed by atoms with Crippen LogP contribution in [0.4, 0.5) is 11.5 Å². The third-order valence-electron chi connectivity index (χ3n) is 4.41. The molecule has 1 amide bonds. The van der Waals surface area contributed by atoms with Crippen molar-refractivity contribution in [3.8, 4) is 5.75 Å². The van der Waals surface area contributed by atoms with Crippen molar-refractivity contribution in [2.24, 2.45) is 0 Å². The van der Waals surface area contributed by atoms with Crippen LogP contribution in [0.1, 0.15) is 29.9 Å². The average Bonchev–Trinajstić information content (AvgIpc) is 2.98. The SMILES string of the molecule is CCN(CC)c1c(C)nc2ccc(C(=O)Nc3cccc(OC)c3)cn12. The molecule has 6 heteroatoms. The van der Waals surface area contributed by atoms with Crippen molar-refractivity contribution in [3.63, 3.8) is 0 Å². The van der Waals surface area contributed by atoms with Gasteiger partial charge in [0.25, 0.3) is 5.91 Å². The molecule has 0 unspecified atom stereocenters. The third-order valence-corrected chi connectivity index (χ3v) is 4.41. The Morgan fingerprint density at radius 1 is 1.23 bits per heavy atom. The standard InChI is InChI=1S/C20H24N4O2/c1-5-23(6-2)20-14(3)21-18-11-10-15(13-24(18)20)19(25)22-16-8-7-9-17(12-16)26-4/h7-13H,5-6H2,1-4H3,(H,22,25). The molecule has 0 aliphatic heterocycles. The number of ether oxygens (including phenoxy) is 1. The molecule has 2 heterocycles. The third kappa shape index (κ3) is 3.35. The summed E-state index contributed by atoms with van der Waals surface area (Å²) in [5.74, 6) is 1.56. The molecular formula is C20H24N4O2. The van der Waals surface area contributed by atoms with Gasteiger partial charge in [0.05, 0.1) is 18.4 Å². The van der Waals surface area contributed by atoms with Gasteiger partial charge in [-0.05, 0) is 45.0 Å². The lowest BCUT2D eigenvalue weighted by Gasteiger charge is -2.21. The van der Waals surface area contributed by atoms with E-state index in [2.05, 4.69) is 29.0 Å². The Bertz CT molecular complexity index is 929. The summed E-state index contributed by atoms with van der Waals surface area (Å²) in [6, 6.07) is 11.0. The van der Waals surface area contributed by atoms with E-state index in [1.165, 1.54) is 0 Å². The minimum atomic E-state index is -0.169. The van der Waals surface area contributed by atoms with Crippen molar-refractivity contribution in [2.75, 3.05) is 30.4 Å². The molecule has 3 rings (SSSR count). The quantitative estimate of drug-likeness (QED) is 0.734. The van der Waals surface area contributed by atoms with Gasteiger partial charge in [-0.25, -0.2) is 4.98 Å². The van der Waals surface area contributed by atoms with Crippen molar-refractivity contribution in [3.05, 3.63) is 53.9 Å². The Morgan fingerprint density at radius 3 is 2.69 bits per heavy atom. The van der Waals surface area contributed by atoms with E-state index in [4.69, 9.17) is 4.74 Å². The first-order valence-corrected chi connectivity index (χ1v) is 8.76. The van der Waals surface area contributed by atoms with E-state index in [-0.39, 0.29) is 5.91 Å². The summed E-state index contributed by atoms with van der Waals surface area (Å²) in [7, 11) is 1.60. The second kappa shape index (κ2) is 7.47. The number of carbonyl (C=O) groups excluding carboxylic acids is 1. The number of amides is 1. The highest BCUT2D eigenvalue weighted by atomic mass is 16.5. The minimum absolute atomic E-state index is 0.169. The van der Waals surface area contributed by atoms with Gasteiger partial charge in [0.2, 0.25) is 0 Å². The fourth-order valence-electron chi connectivity index (χ4n) is 3.09. The molecule has 0 spiro atoms. The van der Waals surface area contributed by atoms with Gasteiger partial charge in [-0.3, -0.25) is 9.20 Å². The van der Waals surface area contributed by atoms with Crippen LogP contribution in [0, 0.1) is 6.92 Å². The number of hydrogen-bond donors (Lipinski definition) is 1. The van der Waals surface area contributed by atoms with Crippen LogP contribution in [0.15, 0.2) is 42.6 Å². The zero-order valence-electron chi connectivity index (χ0n) is 15.6. The van der Waals surface area contributed by atoms with Crippen molar-refractivity contribution < 1.29 is 9.53 Å². The predicted octanol–water partition coefficient (Wildman–Crippen LogP) is 3.75. The summed E-state index contributed by atoms with van der Waals surface area (Å²) in [5.41, 5.74) is 3.06. The van der Waals surface area contributed by atoms with Crippen molar-refractivity contribution in [1.82, 2.24) is 9.38 Å². The molecule has 0 radical (unpaired) electrons. The van der Waals surface area contributed by atoms with Gasteiger partial charge in [-0.1, -0.05) is 6.07 Å². The topological polar surface area (TPSA) is 58.9 Å². The summed E-state index contributed by atoms with van der Waals surface area (Å²) in [5, 5.41) is 2.91. The largest absolute Gasteiger partial charge is 0.497 e. The van der Waals surface area contributed by atoms with Crippen LogP contribution in [0.3, 0.4) is 0 Å². The summed E-state index contributed by atoms with van der Waals surface area (Å²) >= 11 is 0. The molecule has 6 nitrogen and oxygen atoms in total. The van der Waals surface area contributed by atoms with Gasteiger partial charge in [-0.15, -0.1) is 0 Å². The van der Waals surface area contributed by atoms with Crippen LogP contribution in [-0.2, 0) is 0 Å². The highest BCUT2D eigenvalue weighted by Gasteiger charge is 2.16. The number of rotatable bonds is 6. The smallest absolute Gasteiger partial charge is 0.257 e. The van der Waals surface area contributed by atoms with E-state index in [1.807, 2.05) is 41.8 Å². The molecule has 0 aliphatic carbocycles. The predicted molar refractivity (Wildman–Crippen MR) is 104 cm³/mol. The lowest BCUT2D eigenvalue weighted by atomic mass is 10.2. The number of pyridine rings is 1. The monoisotopic (exact) mass is 352 g/mol. The molecule has 2 aromatic heterocycles. The summed E-state index contributed by atoms with van der Waals surface area (Å²) in [4.78, 5) is 19.5. The Balaban J connectivity index is 1.94. The molecule has 0 saturated heterocycles. The lowest BCUT2D eigenvalue weighted by molar-refractivity contribution is 0.102. The van der Waals surface area contributed by atoms with E-state index >= 15 is 0 Å². The Hall–Kier alpha value is -3.02. The number of hydrogen-bond acceptors (Lipinski definition) is 4. The molecule has 1 aromatic carbocycles. The van der Waals surface area contributed by atoms with Crippen LogP contribution in [0.2, 0.25) is 0 Å². The van der Waals surface area contributed by atoms with Crippen molar-refractivity contribution >= 4 is 23.1 Å². The molecule has 0 fully saturated rings. The van der Waals surface area contributed by atoms with E-state index in [9.17, 15) is 4.79 Å². The number of fused-ring (bicyclic) bond motifs is 1. The number of nitrogens with one attached hydrogen (secondary N) is 1. The van der Waals surface area contributed by atoms with E-state index in [0.717, 1.165) is 30.2 Å². The molecule has 3 aromatic rings. The molecule has 1 N–H and O–H groups in total. The molecule has 136 valence electrons. The first-order chi connectivity index (χ1) is 12.6. The van der Waals surface area contributed by atoms with E-state index in [1.54, 1.807) is 19.2 Å². The fourth-order valence-corrected chi connectivity index (χ4v) is 3.09. The number of methoxy groups -OCH3 is 1. The summed E-state index contributed by atoms with van der Waals surface area (Å²) in [6.45, 7) is 7.98. The van der Waals surface area contributed by atoms with Gasteiger partial charge >= 0.3 is 0 Å². The number of imidazole rings is 1. The molecule has 0 saturated carbocycles. The molecule has 0 atom stereocenters. The van der Waals surface area contributed by atoms with Crippen LogP contribution in [-0.4, -0.2) is 35.5 Å². The Labute approximate surface area is 153 Å². The van der Waals surface area contributed by atoms with E-state index < -0.39 is 0 Å². The van der Waals surface area contributed by atoms with Gasteiger partial charge in [-0.2, -0.15) is 0 Å². The first-order valence-electron chi connectivity index (χ1n) is 8.76. The number of aryl methyl sites for hydroxylation is 1. The van der Waals surface area contributed by atoms with Gasteiger partial charge in [0, 0.05) is 31.0 Å². The molecule has 0 aliphatic rings. The van der Waals surface area contributed by atoms with Crippen molar-refractivity contribution in [2.45, 2.75) is 20.8 Å². The number of nitrogens with zero attached hydrogens (tertiary/aromatic N) is 3. The number of carbonyl (C=O) groups is 1. The average molecular weight is 352 g/mol. The number of anilines is 2. The van der Waals surface area contributed by atoms with Gasteiger partial charge in [0.15, 0.2) is 0 Å². The second-order valence-corrected chi connectivity index (χ2v) is 6.03. The van der Waals surface area contributed by atoms with Gasteiger partial charge in [0.1, 0.15) is 17.2 Å². The fraction of sp³-hybridized carbons (Fsp3) is 0.300. The summed E-state index contributed by atoms with van der Waals surface area (Å²) < 4.78 is 7.19. The highest BCUT2D eigenvalue weighted by Crippen LogP contribution is 2.23. The normalized spacial score (nSPS) is 10.8. The number of aromatic nitrogens is 2. The zero-order chi connectivity index (χ0) is 18.7. The van der Waals surface area contributed by atoms with Crippen LogP contribution >= 0.6 is 0 Å². The Kier molecular flexibility index (Phi) is 5.11. The Morgan fingerprint density at radius 2 is 2.00 bits per heavy atom. The lowest BCUT2D eigenvalue weighted by Crippen LogP contribution is -2.24. The van der Waals surface area contributed by atoms with Crippen LogP contribution < -0.4 is 15.0 Å². The maximum absolute atomic E-state index is 12.7. The second-order valence-electron chi connectivity index (χ2n) is 6.03. The van der Waals surface area contributed by atoms with Crippen LogP contribution in [0.5, 0.6) is 5.75 Å². The highest BCUT2D eigenvalue weighted by molar-refractivity contribution is 6.04. The minimum Gasteiger partial charge on any atom is -0.497 e. The maximum Gasteiger partial charge on any atom is 0.257 e. The zero-order valence-corrected chi connectivity index (χ0v) is 15.6. The molecular weight excluding hydrogens is 328 g/mol. The maximum atomic E-state index is 12.7. The molecule has 26 heavy (non-hydrogen) atoms. The summed E-state index contributed by atoms with van der Waals surface area (Å²) in [6.07, 6.45) is 1.85. The first kappa shape index (κ1) is 17.8. The molecule has 0 bridgehead atoms. The van der Waals surface area contributed by atoms with Crippen molar-refractivity contribution in [1.29, 1.82) is 0 Å².